The number of para-hydroxylation sites is 1. The summed E-state index contributed by atoms with van der Waals surface area (Å²) in [5.41, 5.74) is 3.38. The lowest BCUT2D eigenvalue weighted by molar-refractivity contribution is 0.199. The zero-order chi connectivity index (χ0) is 20.3. The third kappa shape index (κ3) is 4.73. The van der Waals surface area contributed by atoms with Crippen LogP contribution in [0.3, 0.4) is 0 Å². The lowest BCUT2D eigenvalue weighted by atomic mass is 9.92. The molecule has 0 fully saturated rings. The van der Waals surface area contributed by atoms with Crippen molar-refractivity contribution in [3.05, 3.63) is 76.6 Å². The summed E-state index contributed by atoms with van der Waals surface area (Å²) in [6.45, 7) is 8.47. The number of halogens is 1. The second kappa shape index (κ2) is 8.07. The molecule has 0 aliphatic heterocycles. The van der Waals surface area contributed by atoms with Crippen LogP contribution in [0.25, 0.3) is 5.69 Å². The quantitative estimate of drug-likeness (QED) is 0.639. The zero-order valence-electron chi connectivity index (χ0n) is 16.5. The zero-order valence-corrected chi connectivity index (χ0v) is 17.2. The minimum atomic E-state index is -0.509. The van der Waals surface area contributed by atoms with Gasteiger partial charge in [-0.25, -0.2) is 9.48 Å². The van der Waals surface area contributed by atoms with E-state index in [2.05, 4.69) is 26.1 Å². The van der Waals surface area contributed by atoms with Crippen molar-refractivity contribution in [2.45, 2.75) is 39.7 Å². The summed E-state index contributed by atoms with van der Waals surface area (Å²) >= 11 is 6.15. The topological polar surface area (TPSA) is 56.1 Å². The third-order valence-electron chi connectivity index (χ3n) is 4.31. The number of hydrogen-bond acceptors (Lipinski definition) is 3. The van der Waals surface area contributed by atoms with Gasteiger partial charge in [-0.3, -0.25) is 0 Å². The van der Waals surface area contributed by atoms with Crippen LogP contribution >= 0.6 is 11.6 Å². The fourth-order valence-electron chi connectivity index (χ4n) is 2.71. The number of hydrogen-bond donors (Lipinski definition) is 1. The van der Waals surface area contributed by atoms with Gasteiger partial charge in [0.15, 0.2) is 0 Å². The molecule has 146 valence electrons. The predicted molar refractivity (Wildman–Crippen MR) is 111 cm³/mol. The number of carbonyl (C=O) groups is 1. The fourth-order valence-corrected chi connectivity index (χ4v) is 2.90. The molecule has 28 heavy (non-hydrogen) atoms. The highest BCUT2D eigenvalue weighted by Gasteiger charge is 2.21. The highest BCUT2D eigenvalue weighted by molar-refractivity contribution is 6.30. The van der Waals surface area contributed by atoms with Gasteiger partial charge < -0.3 is 10.1 Å². The van der Waals surface area contributed by atoms with Crippen LogP contribution in [0.5, 0.6) is 5.75 Å². The monoisotopic (exact) mass is 397 g/mol. The number of amides is 1. The number of nitrogens with zero attached hydrogens (tertiary/aromatic N) is 2. The van der Waals surface area contributed by atoms with Crippen LogP contribution in [-0.4, -0.2) is 15.9 Å². The van der Waals surface area contributed by atoms with Gasteiger partial charge in [-0.15, -0.1) is 0 Å². The second-order valence-corrected chi connectivity index (χ2v) is 8.11. The van der Waals surface area contributed by atoms with E-state index in [1.54, 1.807) is 10.7 Å². The Hall–Kier alpha value is -2.79. The summed E-state index contributed by atoms with van der Waals surface area (Å²) < 4.78 is 7.21. The minimum absolute atomic E-state index is 0.125. The number of carbonyl (C=O) groups excluding carboxylic acids is 1. The van der Waals surface area contributed by atoms with Gasteiger partial charge >= 0.3 is 6.09 Å². The summed E-state index contributed by atoms with van der Waals surface area (Å²) in [5, 5.41) is 8.17. The van der Waals surface area contributed by atoms with Crippen LogP contribution in [0.4, 0.5) is 4.79 Å². The molecule has 6 heteroatoms. The first-order valence-corrected chi connectivity index (χ1v) is 9.48. The highest BCUT2D eigenvalue weighted by atomic mass is 35.5. The Morgan fingerprint density at radius 1 is 1.14 bits per heavy atom. The maximum Gasteiger partial charge on any atom is 0.412 e. The third-order valence-corrected chi connectivity index (χ3v) is 4.55. The van der Waals surface area contributed by atoms with E-state index in [0.717, 1.165) is 22.6 Å². The first kappa shape index (κ1) is 20.0. The molecule has 1 aromatic heterocycles. The van der Waals surface area contributed by atoms with E-state index >= 15 is 0 Å². The van der Waals surface area contributed by atoms with Crippen LogP contribution in [0.15, 0.2) is 54.6 Å². The Morgan fingerprint density at radius 2 is 1.89 bits per heavy atom. The maximum absolute atomic E-state index is 12.3. The van der Waals surface area contributed by atoms with E-state index in [9.17, 15) is 4.79 Å². The smallest absolute Gasteiger partial charge is 0.410 e. The molecule has 3 aromatic rings. The highest BCUT2D eigenvalue weighted by Crippen LogP contribution is 2.25. The molecule has 0 saturated carbocycles. The Balaban J connectivity index is 1.81. The van der Waals surface area contributed by atoms with Gasteiger partial charge in [0.2, 0.25) is 0 Å². The van der Waals surface area contributed by atoms with E-state index in [1.807, 2.05) is 55.5 Å². The average Bonchev–Trinajstić information content (AvgIpc) is 3.07. The minimum Gasteiger partial charge on any atom is -0.410 e. The molecule has 1 amide bonds. The SMILES string of the molecule is Cc1ccccc1OC(=O)NCc1cc(C(C)(C)C)nn1-c1cccc(Cl)c1. The molecule has 0 bridgehead atoms. The summed E-state index contributed by atoms with van der Waals surface area (Å²) in [6, 6.07) is 16.9. The number of ether oxygens (including phenoxy) is 1. The van der Waals surface area contributed by atoms with Crippen molar-refractivity contribution < 1.29 is 9.53 Å². The van der Waals surface area contributed by atoms with E-state index in [-0.39, 0.29) is 12.0 Å². The van der Waals surface area contributed by atoms with Crippen LogP contribution in [0, 0.1) is 6.92 Å². The molecule has 0 aliphatic carbocycles. The standard InChI is InChI=1S/C22H24ClN3O2/c1-15-8-5-6-11-19(15)28-21(27)24-14-18-13-20(22(2,3)4)25-26(18)17-10-7-9-16(23)12-17/h5-13H,14H2,1-4H3,(H,24,27). The largest absolute Gasteiger partial charge is 0.412 e. The number of benzene rings is 2. The van der Waals surface area contributed by atoms with Crippen molar-refractivity contribution in [1.82, 2.24) is 15.1 Å². The summed E-state index contributed by atoms with van der Waals surface area (Å²) in [6.07, 6.45) is -0.509. The Bertz CT molecular complexity index is 989. The van der Waals surface area contributed by atoms with Gasteiger partial charge in [0.05, 0.1) is 23.6 Å². The maximum atomic E-state index is 12.3. The number of aryl methyl sites for hydroxylation is 1. The molecule has 0 aliphatic rings. The van der Waals surface area contributed by atoms with Crippen molar-refractivity contribution >= 4 is 17.7 Å². The lowest BCUT2D eigenvalue weighted by Gasteiger charge is -2.14. The van der Waals surface area contributed by atoms with Gasteiger partial charge in [0.1, 0.15) is 5.75 Å². The lowest BCUT2D eigenvalue weighted by Crippen LogP contribution is -2.27. The molecule has 0 spiro atoms. The van der Waals surface area contributed by atoms with Crippen LogP contribution in [0.1, 0.15) is 37.7 Å². The Labute approximate surface area is 170 Å². The number of aromatic nitrogens is 2. The van der Waals surface area contributed by atoms with Crippen molar-refractivity contribution in [1.29, 1.82) is 0 Å². The van der Waals surface area contributed by atoms with Crippen molar-refractivity contribution in [2.75, 3.05) is 0 Å². The van der Waals surface area contributed by atoms with E-state index in [4.69, 9.17) is 21.4 Å². The summed E-state index contributed by atoms with van der Waals surface area (Å²) in [5.74, 6) is 0.540. The molecule has 0 saturated heterocycles. The van der Waals surface area contributed by atoms with Crippen molar-refractivity contribution in [3.8, 4) is 11.4 Å². The van der Waals surface area contributed by atoms with Gasteiger partial charge in [0, 0.05) is 10.4 Å². The molecule has 0 atom stereocenters. The Kier molecular flexibility index (Phi) is 5.75. The summed E-state index contributed by atoms with van der Waals surface area (Å²) in [4.78, 5) is 12.3. The van der Waals surface area contributed by atoms with Gasteiger partial charge in [-0.1, -0.05) is 56.6 Å². The molecule has 1 heterocycles. The van der Waals surface area contributed by atoms with E-state index < -0.39 is 6.09 Å². The number of nitrogens with one attached hydrogen (secondary N) is 1. The molecular weight excluding hydrogens is 374 g/mol. The molecule has 1 N–H and O–H groups in total. The molecule has 0 unspecified atom stereocenters. The average molecular weight is 398 g/mol. The summed E-state index contributed by atoms with van der Waals surface area (Å²) in [7, 11) is 0. The molecular formula is C22H24ClN3O2. The molecule has 3 rings (SSSR count). The first-order chi connectivity index (χ1) is 13.2. The normalized spacial score (nSPS) is 11.3. The molecule has 0 radical (unpaired) electrons. The van der Waals surface area contributed by atoms with Gasteiger partial charge in [-0.05, 0) is 42.8 Å². The van der Waals surface area contributed by atoms with Crippen molar-refractivity contribution in [3.63, 3.8) is 0 Å². The molecule has 2 aromatic carbocycles. The van der Waals surface area contributed by atoms with Crippen LogP contribution < -0.4 is 10.1 Å². The van der Waals surface area contributed by atoms with E-state index in [1.165, 1.54) is 0 Å². The second-order valence-electron chi connectivity index (χ2n) is 7.67. The Morgan fingerprint density at radius 3 is 2.57 bits per heavy atom. The van der Waals surface area contributed by atoms with E-state index in [0.29, 0.717) is 10.8 Å². The van der Waals surface area contributed by atoms with Gasteiger partial charge in [-0.2, -0.15) is 5.10 Å². The first-order valence-electron chi connectivity index (χ1n) is 9.11. The van der Waals surface area contributed by atoms with Gasteiger partial charge in [0.25, 0.3) is 0 Å². The predicted octanol–water partition coefficient (Wildman–Crippen LogP) is 5.42. The van der Waals surface area contributed by atoms with Crippen LogP contribution in [-0.2, 0) is 12.0 Å². The van der Waals surface area contributed by atoms with Crippen LogP contribution in [0.2, 0.25) is 5.02 Å². The number of rotatable bonds is 4. The molecule has 5 nitrogen and oxygen atoms in total. The van der Waals surface area contributed by atoms with Crippen molar-refractivity contribution in [2.24, 2.45) is 0 Å². The fraction of sp³-hybridized carbons (Fsp3) is 0.273.